The van der Waals surface area contributed by atoms with Gasteiger partial charge in [-0.2, -0.15) is 0 Å². The Balaban J connectivity index is 1.69. The van der Waals surface area contributed by atoms with Crippen molar-refractivity contribution in [1.82, 2.24) is 0 Å². The molecule has 144 valence electrons. The van der Waals surface area contributed by atoms with Gasteiger partial charge in [0.25, 0.3) is 0 Å². The molecule has 2 aromatic rings. The number of benzene rings is 2. The van der Waals surface area contributed by atoms with Crippen LogP contribution in [0.3, 0.4) is 0 Å². The highest BCUT2D eigenvalue weighted by Crippen LogP contribution is 2.29. The summed E-state index contributed by atoms with van der Waals surface area (Å²) in [4.78, 5) is 23.9. The molecule has 0 atom stereocenters. The first-order chi connectivity index (χ1) is 13.1. The van der Waals surface area contributed by atoms with Crippen LogP contribution in [0.5, 0.6) is 11.5 Å². The number of rotatable bonds is 10. The Kier molecular flexibility index (Phi) is 8.16. The number of anilines is 1. The molecule has 0 unspecified atom stereocenters. The SMILES string of the molecule is COc1ccc(OC)c(NC(=O)CCC(=O)OCCCc2ccccc2)c1. The molecule has 0 aliphatic heterocycles. The quantitative estimate of drug-likeness (QED) is 0.510. The van der Waals surface area contributed by atoms with E-state index in [0.29, 0.717) is 23.8 Å². The zero-order chi connectivity index (χ0) is 19.5. The lowest BCUT2D eigenvalue weighted by Gasteiger charge is -2.11. The van der Waals surface area contributed by atoms with Gasteiger partial charge in [0.1, 0.15) is 11.5 Å². The average molecular weight is 371 g/mol. The molecule has 0 aliphatic rings. The second-order valence-electron chi connectivity index (χ2n) is 5.92. The van der Waals surface area contributed by atoms with Gasteiger partial charge in [-0.1, -0.05) is 30.3 Å². The largest absolute Gasteiger partial charge is 0.497 e. The van der Waals surface area contributed by atoms with Crippen molar-refractivity contribution in [2.75, 3.05) is 26.1 Å². The highest BCUT2D eigenvalue weighted by atomic mass is 16.5. The topological polar surface area (TPSA) is 73.9 Å². The minimum absolute atomic E-state index is 0.0312. The van der Waals surface area contributed by atoms with Gasteiger partial charge in [-0.05, 0) is 30.5 Å². The molecule has 0 heterocycles. The average Bonchev–Trinajstić information content (AvgIpc) is 2.70. The molecule has 0 saturated carbocycles. The lowest BCUT2D eigenvalue weighted by molar-refractivity contribution is -0.144. The highest BCUT2D eigenvalue weighted by Gasteiger charge is 2.12. The summed E-state index contributed by atoms with van der Waals surface area (Å²) >= 11 is 0. The Morgan fingerprint density at radius 3 is 2.44 bits per heavy atom. The van der Waals surface area contributed by atoms with Gasteiger partial charge in [0.15, 0.2) is 0 Å². The minimum atomic E-state index is -0.379. The third-order valence-electron chi connectivity index (χ3n) is 3.95. The van der Waals surface area contributed by atoms with Crippen LogP contribution in [-0.4, -0.2) is 32.7 Å². The van der Waals surface area contributed by atoms with Crippen LogP contribution >= 0.6 is 0 Å². The van der Waals surface area contributed by atoms with Gasteiger partial charge in [0.05, 0.1) is 32.9 Å². The van der Waals surface area contributed by atoms with E-state index in [4.69, 9.17) is 14.2 Å². The monoisotopic (exact) mass is 371 g/mol. The fraction of sp³-hybridized carbons (Fsp3) is 0.333. The van der Waals surface area contributed by atoms with Crippen LogP contribution in [0.25, 0.3) is 0 Å². The van der Waals surface area contributed by atoms with Gasteiger partial charge in [-0.3, -0.25) is 9.59 Å². The van der Waals surface area contributed by atoms with Crippen LogP contribution in [0.15, 0.2) is 48.5 Å². The van der Waals surface area contributed by atoms with Crippen molar-refractivity contribution in [3.05, 3.63) is 54.1 Å². The van der Waals surface area contributed by atoms with E-state index in [2.05, 4.69) is 5.32 Å². The molecule has 0 spiro atoms. The molecule has 1 N–H and O–H groups in total. The van der Waals surface area contributed by atoms with E-state index >= 15 is 0 Å². The van der Waals surface area contributed by atoms with Crippen molar-refractivity contribution in [1.29, 1.82) is 0 Å². The summed E-state index contributed by atoms with van der Waals surface area (Å²) in [7, 11) is 3.06. The summed E-state index contributed by atoms with van der Waals surface area (Å²) in [5.74, 6) is 0.454. The zero-order valence-corrected chi connectivity index (χ0v) is 15.7. The molecular formula is C21H25NO5. The lowest BCUT2D eigenvalue weighted by atomic mass is 10.1. The Morgan fingerprint density at radius 1 is 0.963 bits per heavy atom. The number of methoxy groups -OCH3 is 2. The first-order valence-electron chi connectivity index (χ1n) is 8.84. The number of hydrogen-bond acceptors (Lipinski definition) is 5. The lowest BCUT2D eigenvalue weighted by Crippen LogP contribution is -2.15. The molecule has 0 radical (unpaired) electrons. The number of amides is 1. The number of aryl methyl sites for hydroxylation is 1. The van der Waals surface area contributed by atoms with E-state index in [0.717, 1.165) is 12.8 Å². The van der Waals surface area contributed by atoms with E-state index in [1.54, 1.807) is 25.3 Å². The second kappa shape index (κ2) is 10.9. The first kappa shape index (κ1) is 20.3. The molecule has 2 aromatic carbocycles. The van der Waals surface area contributed by atoms with Crippen molar-refractivity contribution in [2.24, 2.45) is 0 Å². The van der Waals surface area contributed by atoms with E-state index in [1.165, 1.54) is 12.7 Å². The normalized spacial score (nSPS) is 10.1. The molecule has 0 bridgehead atoms. The van der Waals surface area contributed by atoms with E-state index < -0.39 is 0 Å². The maximum Gasteiger partial charge on any atom is 0.306 e. The number of carbonyl (C=O) groups is 2. The summed E-state index contributed by atoms with van der Waals surface area (Å²) < 4.78 is 15.5. The molecule has 27 heavy (non-hydrogen) atoms. The number of hydrogen-bond donors (Lipinski definition) is 1. The molecular weight excluding hydrogens is 346 g/mol. The Bertz CT molecular complexity index is 745. The van der Waals surface area contributed by atoms with E-state index in [1.807, 2.05) is 30.3 Å². The van der Waals surface area contributed by atoms with E-state index in [9.17, 15) is 9.59 Å². The van der Waals surface area contributed by atoms with Crippen LogP contribution in [-0.2, 0) is 20.7 Å². The fourth-order valence-electron chi connectivity index (χ4n) is 2.52. The predicted molar refractivity (Wildman–Crippen MR) is 103 cm³/mol. The van der Waals surface area contributed by atoms with Gasteiger partial charge < -0.3 is 19.5 Å². The van der Waals surface area contributed by atoms with Gasteiger partial charge >= 0.3 is 5.97 Å². The maximum absolute atomic E-state index is 12.1. The number of esters is 1. The number of ether oxygens (including phenoxy) is 3. The van der Waals surface area contributed by atoms with Crippen LogP contribution in [0.4, 0.5) is 5.69 Å². The van der Waals surface area contributed by atoms with Crippen molar-refractivity contribution >= 4 is 17.6 Å². The molecule has 2 rings (SSSR count). The summed E-state index contributed by atoms with van der Waals surface area (Å²) in [5.41, 5.74) is 1.71. The van der Waals surface area contributed by atoms with Gasteiger partial charge in [-0.15, -0.1) is 0 Å². The third-order valence-corrected chi connectivity index (χ3v) is 3.95. The summed E-state index contributed by atoms with van der Waals surface area (Å²) in [6, 6.07) is 15.1. The van der Waals surface area contributed by atoms with Crippen molar-refractivity contribution in [3.63, 3.8) is 0 Å². The number of carbonyl (C=O) groups excluding carboxylic acids is 2. The highest BCUT2D eigenvalue weighted by molar-refractivity contribution is 5.94. The zero-order valence-electron chi connectivity index (χ0n) is 15.7. The smallest absolute Gasteiger partial charge is 0.306 e. The summed E-state index contributed by atoms with van der Waals surface area (Å²) in [6.45, 7) is 0.346. The minimum Gasteiger partial charge on any atom is -0.497 e. The van der Waals surface area contributed by atoms with Crippen molar-refractivity contribution in [3.8, 4) is 11.5 Å². The van der Waals surface area contributed by atoms with E-state index in [-0.39, 0.29) is 24.7 Å². The summed E-state index contributed by atoms with van der Waals surface area (Å²) in [5, 5.41) is 2.73. The Morgan fingerprint density at radius 2 is 1.74 bits per heavy atom. The first-order valence-corrected chi connectivity index (χ1v) is 8.84. The van der Waals surface area contributed by atoms with Gasteiger partial charge in [0.2, 0.25) is 5.91 Å². The van der Waals surface area contributed by atoms with Crippen LogP contribution < -0.4 is 14.8 Å². The molecule has 1 amide bonds. The van der Waals surface area contributed by atoms with Crippen LogP contribution in [0, 0.1) is 0 Å². The molecule has 0 aromatic heterocycles. The molecule has 0 fully saturated rings. The Hall–Kier alpha value is -3.02. The molecule has 6 nitrogen and oxygen atoms in total. The van der Waals surface area contributed by atoms with Crippen molar-refractivity contribution in [2.45, 2.75) is 25.7 Å². The maximum atomic E-state index is 12.1. The number of nitrogens with one attached hydrogen (secondary N) is 1. The summed E-state index contributed by atoms with van der Waals surface area (Å²) in [6.07, 6.45) is 1.68. The Labute approximate surface area is 159 Å². The van der Waals surface area contributed by atoms with Gasteiger partial charge in [-0.25, -0.2) is 0 Å². The third kappa shape index (κ3) is 7.01. The van der Waals surface area contributed by atoms with Gasteiger partial charge in [0, 0.05) is 12.5 Å². The van der Waals surface area contributed by atoms with Crippen LogP contribution in [0.2, 0.25) is 0 Å². The second-order valence-corrected chi connectivity index (χ2v) is 5.92. The fourth-order valence-corrected chi connectivity index (χ4v) is 2.52. The van der Waals surface area contributed by atoms with Crippen molar-refractivity contribution < 1.29 is 23.8 Å². The predicted octanol–water partition coefficient (Wildman–Crippen LogP) is 3.60. The standard InChI is InChI=1S/C21H25NO5/c1-25-17-10-11-19(26-2)18(15-17)22-20(23)12-13-21(24)27-14-6-9-16-7-4-3-5-8-16/h3-5,7-8,10-11,15H,6,9,12-14H2,1-2H3,(H,22,23). The molecule has 0 aliphatic carbocycles. The van der Waals surface area contributed by atoms with Crippen LogP contribution in [0.1, 0.15) is 24.8 Å². The molecule has 6 heteroatoms. The molecule has 0 saturated heterocycles.